The van der Waals surface area contributed by atoms with Gasteiger partial charge in [0, 0.05) is 23.2 Å². The number of carbonyl (C=O) groups is 2. The maximum Gasteiger partial charge on any atom is 0.357 e. The fourth-order valence-electron chi connectivity index (χ4n) is 2.25. The molecule has 3 rings (SSSR count). The molecule has 0 unspecified atom stereocenters. The number of nitrogens with one attached hydrogen (secondary N) is 1. The predicted molar refractivity (Wildman–Crippen MR) is 87.4 cm³/mol. The van der Waals surface area contributed by atoms with Crippen molar-refractivity contribution in [3.63, 3.8) is 0 Å². The fraction of sp³-hybridized carbons (Fsp3) is 0.312. The average molecular weight is 367 g/mol. The SMILES string of the molecule is COC(=O)c1csc(CN(C(=O)Nc2ccc(F)c(F)c2)C2CC2)n1. The van der Waals surface area contributed by atoms with Crippen molar-refractivity contribution in [1.29, 1.82) is 0 Å². The normalized spacial score (nSPS) is 13.4. The zero-order valence-electron chi connectivity index (χ0n) is 13.3. The number of aromatic nitrogens is 1. The number of carbonyl (C=O) groups excluding carboxylic acids is 2. The molecule has 25 heavy (non-hydrogen) atoms. The molecular formula is C16H15F2N3O3S. The minimum absolute atomic E-state index is 0.0655. The fourth-order valence-corrected chi connectivity index (χ4v) is 3.01. The van der Waals surface area contributed by atoms with Crippen molar-refractivity contribution in [2.45, 2.75) is 25.4 Å². The lowest BCUT2D eigenvalue weighted by atomic mass is 10.3. The zero-order valence-corrected chi connectivity index (χ0v) is 14.1. The Hall–Kier alpha value is -2.55. The highest BCUT2D eigenvalue weighted by atomic mass is 32.1. The van der Waals surface area contributed by atoms with Gasteiger partial charge in [-0.15, -0.1) is 11.3 Å². The van der Waals surface area contributed by atoms with E-state index in [1.807, 2.05) is 0 Å². The van der Waals surface area contributed by atoms with Crippen LogP contribution in [0.3, 0.4) is 0 Å². The van der Waals surface area contributed by atoms with E-state index < -0.39 is 23.6 Å². The molecule has 132 valence electrons. The van der Waals surface area contributed by atoms with Crippen molar-refractivity contribution < 1.29 is 23.1 Å². The molecule has 1 fully saturated rings. The van der Waals surface area contributed by atoms with E-state index in [-0.39, 0.29) is 24.0 Å². The van der Waals surface area contributed by atoms with Crippen LogP contribution in [0.25, 0.3) is 0 Å². The van der Waals surface area contributed by atoms with E-state index in [4.69, 9.17) is 0 Å². The number of nitrogens with zero attached hydrogens (tertiary/aromatic N) is 2. The van der Waals surface area contributed by atoms with Crippen LogP contribution in [0, 0.1) is 11.6 Å². The van der Waals surface area contributed by atoms with Crippen LogP contribution >= 0.6 is 11.3 Å². The molecular weight excluding hydrogens is 352 g/mol. The molecule has 1 heterocycles. The Balaban J connectivity index is 1.70. The lowest BCUT2D eigenvalue weighted by Crippen LogP contribution is -2.36. The monoisotopic (exact) mass is 367 g/mol. The Kier molecular flexibility index (Phi) is 4.93. The van der Waals surface area contributed by atoms with Crippen LogP contribution in [0.1, 0.15) is 28.3 Å². The molecule has 1 aromatic carbocycles. The molecule has 1 N–H and O–H groups in total. The quantitative estimate of drug-likeness (QED) is 0.822. The third-order valence-electron chi connectivity index (χ3n) is 3.67. The topological polar surface area (TPSA) is 71.5 Å². The van der Waals surface area contributed by atoms with Gasteiger partial charge in [-0.2, -0.15) is 0 Å². The minimum atomic E-state index is -1.03. The number of hydrogen-bond donors (Lipinski definition) is 1. The van der Waals surface area contributed by atoms with Crippen LogP contribution in [-0.2, 0) is 11.3 Å². The van der Waals surface area contributed by atoms with E-state index in [1.165, 1.54) is 24.5 Å². The van der Waals surface area contributed by atoms with Gasteiger partial charge in [0.25, 0.3) is 0 Å². The number of hydrogen-bond acceptors (Lipinski definition) is 5. The molecule has 0 spiro atoms. The molecule has 2 amide bonds. The Morgan fingerprint density at radius 3 is 2.76 bits per heavy atom. The third-order valence-corrected chi connectivity index (χ3v) is 4.50. The van der Waals surface area contributed by atoms with E-state index in [0.29, 0.717) is 5.01 Å². The van der Waals surface area contributed by atoms with Gasteiger partial charge in [-0.1, -0.05) is 0 Å². The molecule has 6 nitrogen and oxygen atoms in total. The summed E-state index contributed by atoms with van der Waals surface area (Å²) in [5.74, 6) is -2.54. The van der Waals surface area contributed by atoms with Crippen molar-refractivity contribution >= 4 is 29.0 Å². The average Bonchev–Trinajstić information content (AvgIpc) is 3.33. The number of ether oxygens (including phenoxy) is 1. The highest BCUT2D eigenvalue weighted by Gasteiger charge is 2.33. The smallest absolute Gasteiger partial charge is 0.357 e. The second kappa shape index (κ2) is 7.14. The first kappa shape index (κ1) is 17.3. The molecule has 0 saturated heterocycles. The number of halogens is 2. The molecule has 1 aliphatic rings. The molecule has 1 saturated carbocycles. The summed E-state index contributed by atoms with van der Waals surface area (Å²) in [5, 5.41) is 4.72. The Morgan fingerprint density at radius 1 is 1.36 bits per heavy atom. The largest absolute Gasteiger partial charge is 0.464 e. The van der Waals surface area contributed by atoms with E-state index in [1.54, 1.807) is 10.3 Å². The number of urea groups is 1. The summed E-state index contributed by atoms with van der Waals surface area (Å²) in [6.07, 6.45) is 1.72. The number of methoxy groups -OCH3 is 1. The third kappa shape index (κ3) is 4.11. The lowest BCUT2D eigenvalue weighted by Gasteiger charge is -2.21. The van der Waals surface area contributed by atoms with Crippen molar-refractivity contribution in [3.05, 3.63) is 45.9 Å². The zero-order chi connectivity index (χ0) is 18.0. The van der Waals surface area contributed by atoms with E-state index in [0.717, 1.165) is 25.0 Å². The van der Waals surface area contributed by atoms with Crippen LogP contribution in [0.2, 0.25) is 0 Å². The standard InChI is InChI=1S/C16H15F2N3O3S/c1-24-15(22)13-8-25-14(20-13)7-21(10-3-4-10)16(23)19-9-2-5-11(17)12(18)6-9/h2,5-6,8,10H,3-4,7H2,1H3,(H,19,23). The molecule has 0 radical (unpaired) electrons. The van der Waals surface area contributed by atoms with Crippen molar-refractivity contribution in [2.75, 3.05) is 12.4 Å². The first-order valence-electron chi connectivity index (χ1n) is 7.53. The minimum Gasteiger partial charge on any atom is -0.464 e. The van der Waals surface area contributed by atoms with Crippen molar-refractivity contribution in [2.24, 2.45) is 0 Å². The van der Waals surface area contributed by atoms with Crippen molar-refractivity contribution in [1.82, 2.24) is 9.88 Å². The Labute approximate surface area is 146 Å². The van der Waals surface area contributed by atoms with Crippen LogP contribution in [0.5, 0.6) is 0 Å². The van der Waals surface area contributed by atoms with Gasteiger partial charge in [0.2, 0.25) is 0 Å². The molecule has 2 aromatic rings. The maximum atomic E-state index is 13.3. The highest BCUT2D eigenvalue weighted by Crippen LogP contribution is 2.30. The summed E-state index contributed by atoms with van der Waals surface area (Å²) in [6, 6.07) is 2.81. The number of thiazole rings is 1. The van der Waals surface area contributed by atoms with E-state index in [2.05, 4.69) is 15.0 Å². The summed E-state index contributed by atoms with van der Waals surface area (Å²) in [6.45, 7) is 0.224. The van der Waals surface area contributed by atoms with Gasteiger partial charge < -0.3 is 15.0 Å². The molecule has 1 aliphatic carbocycles. The molecule has 0 bridgehead atoms. The van der Waals surface area contributed by atoms with Gasteiger partial charge in [0.15, 0.2) is 17.3 Å². The number of rotatable bonds is 5. The van der Waals surface area contributed by atoms with Crippen LogP contribution in [0.15, 0.2) is 23.6 Å². The van der Waals surface area contributed by atoms with E-state index >= 15 is 0 Å². The van der Waals surface area contributed by atoms with Crippen LogP contribution in [-0.4, -0.2) is 35.0 Å². The van der Waals surface area contributed by atoms with Gasteiger partial charge in [0.05, 0.1) is 13.7 Å². The van der Waals surface area contributed by atoms with Gasteiger partial charge in [0.1, 0.15) is 5.01 Å². The summed E-state index contributed by atoms with van der Waals surface area (Å²) in [5.41, 5.74) is 0.364. The van der Waals surface area contributed by atoms with Gasteiger partial charge in [-0.3, -0.25) is 0 Å². The van der Waals surface area contributed by atoms with Gasteiger partial charge in [-0.05, 0) is 25.0 Å². The number of amides is 2. The molecule has 1 aromatic heterocycles. The Morgan fingerprint density at radius 2 is 2.12 bits per heavy atom. The number of esters is 1. The first-order valence-corrected chi connectivity index (χ1v) is 8.41. The van der Waals surface area contributed by atoms with Gasteiger partial charge in [-0.25, -0.2) is 23.4 Å². The van der Waals surface area contributed by atoms with Crippen molar-refractivity contribution in [3.8, 4) is 0 Å². The van der Waals surface area contributed by atoms with Crippen LogP contribution < -0.4 is 5.32 Å². The maximum absolute atomic E-state index is 13.3. The molecule has 9 heteroatoms. The molecule has 0 atom stereocenters. The summed E-state index contributed by atoms with van der Waals surface area (Å²) < 4.78 is 30.9. The van der Waals surface area contributed by atoms with E-state index in [9.17, 15) is 18.4 Å². The Bertz CT molecular complexity index is 808. The summed E-state index contributed by atoms with van der Waals surface area (Å²) in [4.78, 5) is 29.7. The lowest BCUT2D eigenvalue weighted by molar-refractivity contribution is 0.0594. The number of anilines is 1. The first-order chi connectivity index (χ1) is 12.0. The van der Waals surface area contributed by atoms with Crippen LogP contribution in [0.4, 0.5) is 19.3 Å². The summed E-state index contributed by atoms with van der Waals surface area (Å²) >= 11 is 1.25. The van der Waals surface area contributed by atoms with Gasteiger partial charge >= 0.3 is 12.0 Å². The highest BCUT2D eigenvalue weighted by molar-refractivity contribution is 7.09. The number of benzene rings is 1. The molecule has 0 aliphatic heterocycles. The summed E-state index contributed by atoms with van der Waals surface area (Å²) in [7, 11) is 1.27. The predicted octanol–water partition coefficient (Wildman–Crippen LogP) is 3.40. The second-order valence-electron chi connectivity index (χ2n) is 5.54. The second-order valence-corrected chi connectivity index (χ2v) is 6.48.